The molecule has 1 aromatic carbocycles. The van der Waals surface area contributed by atoms with Crippen molar-refractivity contribution in [2.75, 3.05) is 13.7 Å². The summed E-state index contributed by atoms with van der Waals surface area (Å²) in [6.45, 7) is 2.83. The van der Waals surface area contributed by atoms with Gasteiger partial charge in [-0.2, -0.15) is 0 Å². The number of aliphatic hydroxyl groups is 1. The first-order valence-corrected chi connectivity index (χ1v) is 5.63. The van der Waals surface area contributed by atoms with Gasteiger partial charge in [-0.25, -0.2) is 0 Å². The maximum Gasteiger partial charge on any atom is 0.133 e. The van der Waals surface area contributed by atoms with Gasteiger partial charge in [0.05, 0.1) is 18.2 Å². The zero-order valence-corrected chi connectivity index (χ0v) is 10.5. The first kappa shape index (κ1) is 12.5. The molecule has 0 spiro atoms. The Morgan fingerprint density at radius 2 is 2.27 bits per heavy atom. The quantitative estimate of drug-likeness (QED) is 0.862. The van der Waals surface area contributed by atoms with Crippen molar-refractivity contribution in [3.05, 3.63) is 28.2 Å². The van der Waals surface area contributed by atoms with Crippen LogP contribution in [0.2, 0.25) is 0 Å². The average Bonchev–Trinajstić information content (AvgIpc) is 2.26. The van der Waals surface area contributed by atoms with Crippen LogP contribution < -0.4 is 10.1 Å². The molecule has 0 radical (unpaired) electrons. The molecule has 1 atom stereocenters. The molecule has 0 fully saturated rings. The first-order chi connectivity index (χ1) is 7.17. The molecule has 0 aromatic heterocycles. The highest BCUT2D eigenvalue weighted by atomic mass is 79.9. The lowest BCUT2D eigenvalue weighted by atomic mass is 10.2. The molecule has 0 amide bonds. The molecule has 3 nitrogen and oxygen atoms in total. The van der Waals surface area contributed by atoms with E-state index in [0.29, 0.717) is 0 Å². The fourth-order valence-corrected chi connectivity index (χ4v) is 1.76. The highest BCUT2D eigenvalue weighted by Crippen LogP contribution is 2.25. The molecular weight excluding hydrogens is 258 g/mol. The Hall–Kier alpha value is -0.580. The predicted octanol–water partition coefficient (Wildman–Crippen LogP) is 1.93. The van der Waals surface area contributed by atoms with E-state index in [1.165, 1.54) is 0 Å². The lowest BCUT2D eigenvalue weighted by Gasteiger charge is -2.11. The molecule has 0 aliphatic rings. The van der Waals surface area contributed by atoms with Crippen LogP contribution in [0.5, 0.6) is 5.75 Å². The molecule has 0 heterocycles. The summed E-state index contributed by atoms with van der Waals surface area (Å²) in [7, 11) is 1.64. The Bertz CT molecular complexity index is 317. The van der Waals surface area contributed by atoms with Crippen LogP contribution in [0.25, 0.3) is 0 Å². The van der Waals surface area contributed by atoms with Gasteiger partial charge in [0, 0.05) is 12.6 Å². The standard InChI is InChI=1S/C11H16BrNO2/c1-8(7-14)13-6-9-3-4-11(15-2)10(12)5-9/h3-5,8,13-14H,6-7H2,1-2H3/t8-/m1/s1. The van der Waals surface area contributed by atoms with Crippen molar-refractivity contribution >= 4 is 15.9 Å². The normalized spacial score (nSPS) is 12.5. The lowest BCUT2D eigenvalue weighted by Crippen LogP contribution is -2.28. The summed E-state index contributed by atoms with van der Waals surface area (Å²) >= 11 is 3.43. The van der Waals surface area contributed by atoms with E-state index >= 15 is 0 Å². The number of methoxy groups -OCH3 is 1. The number of hydrogen-bond acceptors (Lipinski definition) is 3. The summed E-state index contributed by atoms with van der Waals surface area (Å²) in [6.07, 6.45) is 0. The monoisotopic (exact) mass is 273 g/mol. The van der Waals surface area contributed by atoms with Crippen molar-refractivity contribution in [3.8, 4) is 5.75 Å². The van der Waals surface area contributed by atoms with Gasteiger partial charge in [-0.1, -0.05) is 6.07 Å². The third-order valence-electron chi connectivity index (χ3n) is 2.14. The van der Waals surface area contributed by atoms with Gasteiger partial charge in [-0.3, -0.25) is 0 Å². The molecule has 0 saturated carbocycles. The van der Waals surface area contributed by atoms with Crippen LogP contribution in [0.1, 0.15) is 12.5 Å². The molecule has 0 unspecified atom stereocenters. The second kappa shape index (κ2) is 6.10. The topological polar surface area (TPSA) is 41.5 Å². The van der Waals surface area contributed by atoms with Gasteiger partial charge in [-0.05, 0) is 40.5 Å². The molecule has 0 saturated heterocycles. The number of hydrogen-bond donors (Lipinski definition) is 2. The van der Waals surface area contributed by atoms with Gasteiger partial charge < -0.3 is 15.2 Å². The zero-order chi connectivity index (χ0) is 11.3. The van der Waals surface area contributed by atoms with Crippen molar-refractivity contribution in [1.82, 2.24) is 5.32 Å². The minimum atomic E-state index is 0.117. The van der Waals surface area contributed by atoms with E-state index in [-0.39, 0.29) is 12.6 Å². The molecule has 1 aromatic rings. The summed E-state index contributed by atoms with van der Waals surface area (Å²) in [4.78, 5) is 0. The van der Waals surface area contributed by atoms with Crippen LogP contribution in [0.15, 0.2) is 22.7 Å². The van der Waals surface area contributed by atoms with E-state index in [9.17, 15) is 0 Å². The fraction of sp³-hybridized carbons (Fsp3) is 0.455. The second-order valence-electron chi connectivity index (χ2n) is 3.43. The Labute approximate surface area is 98.6 Å². The van der Waals surface area contributed by atoms with Crippen molar-refractivity contribution < 1.29 is 9.84 Å². The second-order valence-corrected chi connectivity index (χ2v) is 4.29. The third kappa shape index (κ3) is 3.81. The zero-order valence-electron chi connectivity index (χ0n) is 8.96. The number of aliphatic hydroxyl groups excluding tert-OH is 1. The fourth-order valence-electron chi connectivity index (χ4n) is 1.18. The molecular formula is C11H16BrNO2. The molecule has 1 rings (SSSR count). The minimum Gasteiger partial charge on any atom is -0.496 e. The number of nitrogens with one attached hydrogen (secondary N) is 1. The summed E-state index contributed by atoms with van der Waals surface area (Å²) in [5, 5.41) is 12.1. The molecule has 0 bridgehead atoms. The maximum atomic E-state index is 8.86. The first-order valence-electron chi connectivity index (χ1n) is 4.84. The minimum absolute atomic E-state index is 0.117. The van der Waals surface area contributed by atoms with Crippen LogP contribution in [0, 0.1) is 0 Å². The van der Waals surface area contributed by atoms with Crippen molar-refractivity contribution in [3.63, 3.8) is 0 Å². The van der Waals surface area contributed by atoms with Crippen LogP contribution in [0.4, 0.5) is 0 Å². The predicted molar refractivity (Wildman–Crippen MR) is 64.1 cm³/mol. The van der Waals surface area contributed by atoms with E-state index in [2.05, 4.69) is 21.2 Å². The number of rotatable bonds is 5. The molecule has 15 heavy (non-hydrogen) atoms. The Morgan fingerprint density at radius 3 is 2.80 bits per heavy atom. The number of ether oxygens (including phenoxy) is 1. The molecule has 2 N–H and O–H groups in total. The van der Waals surface area contributed by atoms with Crippen molar-refractivity contribution in [2.24, 2.45) is 0 Å². The van der Waals surface area contributed by atoms with E-state index in [0.717, 1.165) is 22.3 Å². The molecule has 4 heteroatoms. The molecule has 0 aliphatic heterocycles. The third-order valence-corrected chi connectivity index (χ3v) is 2.76. The van der Waals surface area contributed by atoms with Crippen LogP contribution in [0.3, 0.4) is 0 Å². The Kier molecular flexibility index (Phi) is 5.08. The summed E-state index contributed by atoms with van der Waals surface area (Å²) in [6, 6.07) is 6.05. The highest BCUT2D eigenvalue weighted by Gasteiger charge is 2.03. The smallest absolute Gasteiger partial charge is 0.133 e. The van der Waals surface area contributed by atoms with Gasteiger partial charge in [0.25, 0.3) is 0 Å². The van der Waals surface area contributed by atoms with Crippen molar-refractivity contribution in [1.29, 1.82) is 0 Å². The highest BCUT2D eigenvalue weighted by molar-refractivity contribution is 9.10. The summed E-state index contributed by atoms with van der Waals surface area (Å²) in [5.41, 5.74) is 1.16. The number of benzene rings is 1. The van der Waals surface area contributed by atoms with Crippen LogP contribution in [-0.2, 0) is 6.54 Å². The Morgan fingerprint density at radius 1 is 1.53 bits per heavy atom. The molecule has 84 valence electrons. The van der Waals surface area contributed by atoms with Gasteiger partial charge in [0.15, 0.2) is 0 Å². The van der Waals surface area contributed by atoms with Gasteiger partial charge in [0.1, 0.15) is 5.75 Å². The summed E-state index contributed by atoms with van der Waals surface area (Å²) in [5.74, 6) is 0.828. The van der Waals surface area contributed by atoms with Gasteiger partial charge >= 0.3 is 0 Å². The van der Waals surface area contributed by atoms with Crippen LogP contribution in [-0.4, -0.2) is 24.9 Å². The van der Waals surface area contributed by atoms with Gasteiger partial charge in [0.2, 0.25) is 0 Å². The van der Waals surface area contributed by atoms with Crippen LogP contribution >= 0.6 is 15.9 Å². The van der Waals surface area contributed by atoms with E-state index in [4.69, 9.17) is 9.84 Å². The SMILES string of the molecule is COc1ccc(CN[C@H](C)CO)cc1Br. The average molecular weight is 274 g/mol. The van der Waals surface area contributed by atoms with Gasteiger partial charge in [-0.15, -0.1) is 0 Å². The van der Waals surface area contributed by atoms with Crippen molar-refractivity contribution in [2.45, 2.75) is 19.5 Å². The molecule has 0 aliphatic carbocycles. The largest absolute Gasteiger partial charge is 0.496 e. The van der Waals surface area contributed by atoms with E-state index in [1.54, 1.807) is 7.11 Å². The lowest BCUT2D eigenvalue weighted by molar-refractivity contribution is 0.251. The maximum absolute atomic E-state index is 8.86. The number of halogens is 1. The van der Waals surface area contributed by atoms with E-state index < -0.39 is 0 Å². The van der Waals surface area contributed by atoms with E-state index in [1.807, 2.05) is 25.1 Å². The summed E-state index contributed by atoms with van der Waals surface area (Å²) < 4.78 is 6.08. The Balaban J connectivity index is 2.59.